The van der Waals surface area contributed by atoms with Crippen LogP contribution in [-0.4, -0.2) is 39.2 Å². The summed E-state index contributed by atoms with van der Waals surface area (Å²) in [6, 6.07) is 31.5. The Morgan fingerprint density at radius 3 is 1.98 bits per heavy atom. The molecule has 5 heteroatoms. The molecular formula is C44H43B5. The van der Waals surface area contributed by atoms with Gasteiger partial charge in [-0.3, -0.25) is 0 Å². The number of allylic oxidation sites excluding steroid dienone is 12. The third-order valence-electron chi connectivity index (χ3n) is 12.3. The van der Waals surface area contributed by atoms with Gasteiger partial charge >= 0.3 is 0 Å². The Hall–Kier alpha value is -4.36. The molecule has 0 aromatic heterocycles. The van der Waals surface area contributed by atoms with E-state index in [2.05, 4.69) is 161 Å². The van der Waals surface area contributed by atoms with Crippen molar-refractivity contribution in [1.29, 1.82) is 0 Å². The Labute approximate surface area is 297 Å². The van der Waals surface area contributed by atoms with Gasteiger partial charge in [-0.2, -0.15) is 0 Å². The molecule has 0 saturated carbocycles. The first-order chi connectivity index (χ1) is 23.9. The molecule has 4 aliphatic carbocycles. The first-order valence-corrected chi connectivity index (χ1v) is 18.4. The minimum absolute atomic E-state index is 0.342. The van der Waals surface area contributed by atoms with E-state index in [1.807, 2.05) is 0 Å². The number of hydrogen-bond acceptors (Lipinski definition) is 0. The number of hydrogen-bond donors (Lipinski definition) is 0. The van der Waals surface area contributed by atoms with E-state index in [1.165, 1.54) is 72.7 Å². The van der Waals surface area contributed by atoms with Gasteiger partial charge in [0, 0.05) is 11.8 Å². The summed E-state index contributed by atoms with van der Waals surface area (Å²) < 4.78 is 0. The van der Waals surface area contributed by atoms with Gasteiger partial charge in [-0.05, 0) is 99.8 Å². The van der Waals surface area contributed by atoms with Gasteiger partial charge in [-0.15, -0.1) is 16.4 Å². The molecular weight excluding hydrogens is 583 g/mol. The van der Waals surface area contributed by atoms with E-state index in [1.54, 1.807) is 22.3 Å². The molecule has 4 aliphatic rings. The second kappa shape index (κ2) is 13.2. The van der Waals surface area contributed by atoms with E-state index in [0.717, 1.165) is 25.7 Å². The molecule has 0 fully saturated rings. The maximum absolute atomic E-state index is 2.52. The second-order valence-electron chi connectivity index (χ2n) is 14.8. The van der Waals surface area contributed by atoms with E-state index >= 15 is 0 Å². The Bertz CT molecular complexity index is 2120. The Kier molecular flexibility index (Phi) is 8.57. The topological polar surface area (TPSA) is 0 Å². The predicted octanol–water partition coefficient (Wildman–Crippen LogP) is 2.80. The SMILES string of the molecule is Bc1c(B)c(B)c(C2C3=C(CCC=C3)C(c3cccc(C4=CC(c5ccccc5)=CC(c5ccccc5)C4)c3)=C3C=CCCC32)c(B)c1B. The van der Waals surface area contributed by atoms with Gasteiger partial charge in [-0.25, -0.2) is 0 Å². The Morgan fingerprint density at radius 2 is 1.22 bits per heavy atom. The highest BCUT2D eigenvalue weighted by molar-refractivity contribution is 6.67. The lowest BCUT2D eigenvalue weighted by Gasteiger charge is -2.42. The van der Waals surface area contributed by atoms with Gasteiger partial charge in [0.25, 0.3) is 0 Å². The third kappa shape index (κ3) is 5.66. The summed E-state index contributed by atoms with van der Waals surface area (Å²) in [5.41, 5.74) is 23.3. The molecule has 0 heterocycles. The molecule has 0 spiro atoms. The van der Waals surface area contributed by atoms with Crippen molar-refractivity contribution < 1.29 is 0 Å². The molecule has 3 unspecified atom stereocenters. The van der Waals surface area contributed by atoms with Crippen molar-refractivity contribution in [1.82, 2.24) is 0 Å². The molecule has 0 saturated heterocycles. The van der Waals surface area contributed by atoms with Crippen LogP contribution in [0.4, 0.5) is 0 Å². The lowest BCUT2D eigenvalue weighted by Crippen LogP contribution is -2.57. The van der Waals surface area contributed by atoms with Crippen LogP contribution in [0.1, 0.15) is 71.8 Å². The summed E-state index contributed by atoms with van der Waals surface area (Å²) in [6.45, 7) is 0. The molecule has 0 aliphatic heterocycles. The smallest absolute Gasteiger partial charge is 0.102 e. The second-order valence-corrected chi connectivity index (χ2v) is 14.8. The van der Waals surface area contributed by atoms with Crippen LogP contribution in [0.3, 0.4) is 0 Å². The number of fused-ring (bicyclic) bond motifs is 1. The van der Waals surface area contributed by atoms with Gasteiger partial charge in [0.15, 0.2) is 0 Å². The number of rotatable bonds is 5. The van der Waals surface area contributed by atoms with Crippen molar-refractivity contribution in [2.45, 2.75) is 43.9 Å². The van der Waals surface area contributed by atoms with Crippen LogP contribution in [0.5, 0.6) is 0 Å². The molecule has 3 atom stereocenters. The summed E-state index contributed by atoms with van der Waals surface area (Å²) in [5.74, 6) is 1.23. The summed E-state index contributed by atoms with van der Waals surface area (Å²) in [6.07, 6.45) is 20.4. The first kappa shape index (κ1) is 31.9. The van der Waals surface area contributed by atoms with E-state index in [9.17, 15) is 0 Å². The van der Waals surface area contributed by atoms with Gasteiger partial charge < -0.3 is 0 Å². The maximum Gasteiger partial charge on any atom is 0.138 e. The van der Waals surface area contributed by atoms with Crippen molar-refractivity contribution in [3.8, 4) is 0 Å². The number of benzene rings is 4. The van der Waals surface area contributed by atoms with Crippen molar-refractivity contribution in [3.05, 3.63) is 166 Å². The standard InChI is InChI=1S/C44H43B5/c45-40-39(41(46)43(48)44(49)42(40)47)38-35-20-9-7-18-33(35)37(34-19-8-10-21-36(34)38)29-17-11-16-28(22-29)32-24-30(26-12-3-1-4-13-26)23-31(25-32)27-14-5-2-6-15-27/h1-7,10-18,21-24,31,35,38H,8-9,19-20,25,45-49H2. The van der Waals surface area contributed by atoms with Gasteiger partial charge in [0.2, 0.25) is 0 Å². The molecule has 0 radical (unpaired) electrons. The summed E-state index contributed by atoms with van der Waals surface area (Å²) in [5, 5.41) is 0. The van der Waals surface area contributed by atoms with Gasteiger partial charge in [0.1, 0.15) is 39.2 Å². The van der Waals surface area contributed by atoms with E-state index in [4.69, 9.17) is 0 Å². The van der Waals surface area contributed by atoms with Crippen LogP contribution in [0.25, 0.3) is 16.7 Å². The highest BCUT2D eigenvalue weighted by Gasteiger charge is 2.39. The largest absolute Gasteiger partial charge is 0.138 e. The lowest BCUT2D eigenvalue weighted by atomic mass is 9.54. The minimum atomic E-state index is 0.342. The normalized spacial score (nSPS) is 21.6. The van der Waals surface area contributed by atoms with Gasteiger partial charge in [-0.1, -0.05) is 132 Å². The zero-order valence-corrected chi connectivity index (χ0v) is 29.8. The molecule has 234 valence electrons. The van der Waals surface area contributed by atoms with Crippen LogP contribution >= 0.6 is 0 Å². The van der Waals surface area contributed by atoms with Crippen molar-refractivity contribution in [2.24, 2.45) is 5.92 Å². The van der Waals surface area contributed by atoms with Crippen molar-refractivity contribution in [2.75, 3.05) is 0 Å². The fourth-order valence-electron chi connectivity index (χ4n) is 9.32. The monoisotopic (exact) mass is 626 g/mol. The molecule has 0 N–H and O–H groups in total. The predicted molar refractivity (Wildman–Crippen MR) is 227 cm³/mol. The molecule has 8 rings (SSSR count). The highest BCUT2D eigenvalue weighted by Crippen LogP contribution is 2.53. The van der Waals surface area contributed by atoms with Crippen molar-refractivity contribution in [3.63, 3.8) is 0 Å². The highest BCUT2D eigenvalue weighted by atomic mass is 14.4. The molecule has 4 aromatic carbocycles. The average Bonchev–Trinajstić information content (AvgIpc) is 3.16. The maximum atomic E-state index is 2.52. The summed E-state index contributed by atoms with van der Waals surface area (Å²) >= 11 is 0. The minimum Gasteiger partial charge on any atom is -0.102 e. The Balaban J connectivity index is 1.27. The van der Waals surface area contributed by atoms with Crippen LogP contribution in [0.15, 0.2) is 138 Å². The van der Waals surface area contributed by atoms with Crippen LogP contribution in [0, 0.1) is 5.92 Å². The summed E-state index contributed by atoms with van der Waals surface area (Å²) in [7, 11) is 11.8. The van der Waals surface area contributed by atoms with E-state index in [0.29, 0.717) is 17.8 Å². The molecule has 0 bridgehead atoms. The fraction of sp³-hybridized carbons (Fsp3) is 0.182. The van der Waals surface area contributed by atoms with Crippen LogP contribution < -0.4 is 27.3 Å². The Morgan fingerprint density at radius 1 is 0.592 bits per heavy atom. The fourth-order valence-corrected chi connectivity index (χ4v) is 9.32. The van der Waals surface area contributed by atoms with Crippen molar-refractivity contribution >= 4 is 83.3 Å². The third-order valence-corrected chi connectivity index (χ3v) is 12.3. The quantitative estimate of drug-likeness (QED) is 0.300. The van der Waals surface area contributed by atoms with Gasteiger partial charge in [0.05, 0.1) is 0 Å². The van der Waals surface area contributed by atoms with E-state index < -0.39 is 0 Å². The summed E-state index contributed by atoms with van der Waals surface area (Å²) in [4.78, 5) is 0. The molecule has 4 aromatic rings. The molecule has 49 heavy (non-hydrogen) atoms. The van der Waals surface area contributed by atoms with Crippen LogP contribution in [-0.2, 0) is 0 Å². The van der Waals surface area contributed by atoms with Crippen LogP contribution in [0.2, 0.25) is 0 Å². The molecule has 0 nitrogen and oxygen atoms in total. The molecule has 0 amide bonds. The zero-order chi connectivity index (χ0) is 33.6. The first-order valence-electron chi connectivity index (χ1n) is 18.4. The lowest BCUT2D eigenvalue weighted by molar-refractivity contribution is 0.494. The average molecular weight is 626 g/mol. The van der Waals surface area contributed by atoms with E-state index in [-0.39, 0.29) is 0 Å². The zero-order valence-electron chi connectivity index (χ0n) is 29.8.